The zero-order valence-electron chi connectivity index (χ0n) is 14.8. The highest BCUT2D eigenvalue weighted by molar-refractivity contribution is 5.14. The number of halogens is 12. The van der Waals surface area contributed by atoms with Crippen molar-refractivity contribution in [3.05, 3.63) is 12.7 Å². The summed E-state index contributed by atoms with van der Waals surface area (Å²) in [5.41, 5.74) is 0. The molecule has 0 aromatic heterocycles. The van der Waals surface area contributed by atoms with E-state index in [1.807, 2.05) is 13.5 Å². The highest BCUT2D eigenvalue weighted by Crippen LogP contribution is 2.60. The Labute approximate surface area is 154 Å². The molecule has 0 aliphatic rings. The smallest absolute Gasteiger partial charge is 0.200 e. The van der Waals surface area contributed by atoms with E-state index in [0.717, 1.165) is 6.42 Å². The first-order chi connectivity index (χ1) is 12.4. The fraction of sp³-hybridized carbons (Fsp3) is 0.875. The highest BCUT2D eigenvalue weighted by atomic mass is 19.4. The van der Waals surface area contributed by atoms with Gasteiger partial charge in [-0.05, 0) is 12.5 Å². The lowest BCUT2D eigenvalue weighted by Gasteiger charge is -2.40. The molecule has 12 heteroatoms. The summed E-state index contributed by atoms with van der Waals surface area (Å²) < 4.78 is 160. The van der Waals surface area contributed by atoms with E-state index in [4.69, 9.17) is 0 Å². The molecule has 0 fully saturated rings. The van der Waals surface area contributed by atoms with Crippen LogP contribution in [0.1, 0.15) is 51.9 Å². The number of unbranched alkanes of at least 4 members (excludes halogenated alkanes) is 5. The minimum Gasteiger partial charge on any atom is -0.200 e. The second kappa shape index (κ2) is 8.73. The van der Waals surface area contributed by atoms with Gasteiger partial charge in [-0.3, -0.25) is 0 Å². The maximum atomic E-state index is 13.6. The minimum atomic E-state index is -7.51. The number of alkyl halides is 12. The Balaban J connectivity index is 5.62. The van der Waals surface area contributed by atoms with Gasteiger partial charge in [-0.2, -0.15) is 52.7 Å². The standard InChI is InChI=1S/C16H20F12/c1-3-5-6-7-8-9-10-12(19,20)14(23,24)16(27,28)15(25,26)13(21,22)11(17,18)4-2/h4H,2-3,5-10H2,1H3. The van der Waals surface area contributed by atoms with Crippen molar-refractivity contribution in [1.82, 2.24) is 0 Å². The van der Waals surface area contributed by atoms with E-state index in [2.05, 4.69) is 0 Å². The van der Waals surface area contributed by atoms with Crippen LogP contribution in [0.25, 0.3) is 0 Å². The van der Waals surface area contributed by atoms with Crippen LogP contribution in [0.3, 0.4) is 0 Å². The molecule has 0 nitrogen and oxygen atoms in total. The normalized spacial score (nSPS) is 15.0. The summed E-state index contributed by atoms with van der Waals surface area (Å²) in [4.78, 5) is 0. The number of hydrogen-bond acceptors (Lipinski definition) is 0. The minimum absolute atomic E-state index is 0.127. The lowest BCUT2D eigenvalue weighted by Crippen LogP contribution is -2.70. The van der Waals surface area contributed by atoms with E-state index in [1.54, 1.807) is 0 Å². The molecule has 0 N–H and O–H groups in total. The van der Waals surface area contributed by atoms with Crippen LogP contribution in [0, 0.1) is 0 Å². The fourth-order valence-corrected chi connectivity index (χ4v) is 2.25. The van der Waals surface area contributed by atoms with Gasteiger partial charge in [0.25, 0.3) is 0 Å². The van der Waals surface area contributed by atoms with E-state index < -0.39 is 54.5 Å². The summed E-state index contributed by atoms with van der Waals surface area (Å²) in [6.07, 6.45) is -1.86. The molecule has 0 saturated heterocycles. The van der Waals surface area contributed by atoms with Gasteiger partial charge in [0.2, 0.25) is 0 Å². The number of allylic oxidation sites excluding steroid dienone is 1. The van der Waals surface area contributed by atoms with Crippen molar-refractivity contribution in [1.29, 1.82) is 0 Å². The van der Waals surface area contributed by atoms with Gasteiger partial charge < -0.3 is 0 Å². The van der Waals surface area contributed by atoms with Crippen LogP contribution in [-0.2, 0) is 0 Å². The van der Waals surface area contributed by atoms with Crippen LogP contribution in [0.4, 0.5) is 52.7 Å². The van der Waals surface area contributed by atoms with E-state index >= 15 is 0 Å². The van der Waals surface area contributed by atoms with Gasteiger partial charge in [-0.1, -0.05) is 45.6 Å². The first kappa shape index (κ1) is 26.9. The largest absolute Gasteiger partial charge is 0.385 e. The molecule has 28 heavy (non-hydrogen) atoms. The van der Waals surface area contributed by atoms with Crippen molar-refractivity contribution in [2.45, 2.75) is 87.4 Å². The molecule has 0 radical (unpaired) electrons. The summed E-state index contributed by atoms with van der Waals surface area (Å²) in [6.45, 7) is 3.84. The van der Waals surface area contributed by atoms with Gasteiger partial charge in [0.05, 0.1) is 0 Å². The number of rotatable bonds is 13. The van der Waals surface area contributed by atoms with E-state index in [-0.39, 0.29) is 12.8 Å². The molecular weight excluding hydrogens is 420 g/mol. The first-order valence-corrected chi connectivity index (χ1v) is 8.28. The molecule has 0 aromatic rings. The van der Waals surface area contributed by atoms with Crippen LogP contribution in [0.5, 0.6) is 0 Å². The number of hydrogen-bond donors (Lipinski definition) is 0. The van der Waals surface area contributed by atoms with Crippen LogP contribution in [-0.4, -0.2) is 35.5 Å². The summed E-state index contributed by atoms with van der Waals surface area (Å²) in [6, 6.07) is 0. The maximum Gasteiger partial charge on any atom is 0.385 e. The van der Waals surface area contributed by atoms with Crippen molar-refractivity contribution in [3.63, 3.8) is 0 Å². The van der Waals surface area contributed by atoms with Crippen LogP contribution < -0.4 is 0 Å². The predicted octanol–water partition coefficient (Wildman–Crippen LogP) is 7.73. The third-order valence-electron chi connectivity index (χ3n) is 4.16. The predicted molar refractivity (Wildman–Crippen MR) is 77.9 cm³/mol. The van der Waals surface area contributed by atoms with Crippen molar-refractivity contribution in [2.75, 3.05) is 0 Å². The van der Waals surface area contributed by atoms with Crippen molar-refractivity contribution >= 4 is 0 Å². The maximum absolute atomic E-state index is 13.6. The molecule has 0 aromatic carbocycles. The monoisotopic (exact) mass is 440 g/mol. The second-order valence-electron chi connectivity index (χ2n) is 6.35. The molecule has 0 unspecified atom stereocenters. The van der Waals surface area contributed by atoms with Gasteiger partial charge in [-0.25, -0.2) is 0 Å². The lowest BCUT2D eigenvalue weighted by atomic mass is 9.89. The Morgan fingerprint density at radius 3 is 1.39 bits per heavy atom. The van der Waals surface area contributed by atoms with Crippen LogP contribution in [0.2, 0.25) is 0 Å². The Kier molecular flexibility index (Phi) is 8.38. The fourth-order valence-electron chi connectivity index (χ4n) is 2.25. The lowest BCUT2D eigenvalue weighted by molar-refractivity contribution is -0.420. The van der Waals surface area contributed by atoms with Gasteiger partial charge in [0, 0.05) is 6.42 Å². The average molecular weight is 440 g/mol. The Morgan fingerprint density at radius 1 is 0.571 bits per heavy atom. The third-order valence-corrected chi connectivity index (χ3v) is 4.16. The van der Waals surface area contributed by atoms with E-state index in [9.17, 15) is 52.7 Å². The van der Waals surface area contributed by atoms with Gasteiger partial charge >= 0.3 is 35.5 Å². The molecule has 0 saturated carbocycles. The molecule has 0 rings (SSSR count). The molecule has 0 spiro atoms. The molecule has 0 heterocycles. The second-order valence-corrected chi connectivity index (χ2v) is 6.35. The first-order valence-electron chi connectivity index (χ1n) is 8.28. The topological polar surface area (TPSA) is 0 Å². The molecule has 0 bridgehead atoms. The third kappa shape index (κ3) is 4.55. The van der Waals surface area contributed by atoms with Crippen LogP contribution >= 0.6 is 0 Å². The summed E-state index contributed by atoms with van der Waals surface area (Å²) in [7, 11) is 0. The molecule has 168 valence electrons. The van der Waals surface area contributed by atoms with Crippen molar-refractivity contribution in [2.24, 2.45) is 0 Å². The zero-order valence-corrected chi connectivity index (χ0v) is 14.8. The Hall–Kier alpha value is -1.10. The van der Waals surface area contributed by atoms with Crippen molar-refractivity contribution < 1.29 is 52.7 Å². The molecule has 0 aliphatic carbocycles. The quantitative estimate of drug-likeness (QED) is 0.156. The molecular formula is C16H20F12. The van der Waals surface area contributed by atoms with Gasteiger partial charge in [0.15, 0.2) is 0 Å². The SMILES string of the molecule is C=CC(F)(F)C(F)(F)C(F)(F)C(F)(F)C(F)(F)C(F)(F)CCCCCCCC. The Morgan fingerprint density at radius 2 is 0.964 bits per heavy atom. The molecule has 0 aliphatic heterocycles. The van der Waals surface area contributed by atoms with E-state index in [1.165, 1.54) is 0 Å². The highest BCUT2D eigenvalue weighted by Gasteiger charge is 2.89. The average Bonchev–Trinajstić information content (AvgIpc) is 2.56. The summed E-state index contributed by atoms with van der Waals surface area (Å²) in [5, 5.41) is 0. The van der Waals surface area contributed by atoms with E-state index in [0.29, 0.717) is 12.8 Å². The van der Waals surface area contributed by atoms with Crippen molar-refractivity contribution in [3.8, 4) is 0 Å². The van der Waals surface area contributed by atoms with Crippen LogP contribution in [0.15, 0.2) is 12.7 Å². The summed E-state index contributed by atoms with van der Waals surface area (Å²) >= 11 is 0. The molecule has 0 atom stereocenters. The summed E-state index contributed by atoms with van der Waals surface area (Å²) in [5.74, 6) is -41.0. The van der Waals surface area contributed by atoms with Gasteiger partial charge in [-0.15, -0.1) is 0 Å². The van der Waals surface area contributed by atoms with Gasteiger partial charge in [0.1, 0.15) is 0 Å². The Bertz CT molecular complexity index is 510. The zero-order chi connectivity index (χ0) is 22.7. The molecule has 0 amide bonds.